The van der Waals surface area contributed by atoms with Crippen LogP contribution in [0.15, 0.2) is 4.99 Å². The highest BCUT2D eigenvalue weighted by atomic mass is 32.2. The van der Waals surface area contributed by atoms with Crippen molar-refractivity contribution in [3.63, 3.8) is 0 Å². The average Bonchev–Trinajstić information content (AvgIpc) is 2.59. The summed E-state index contributed by atoms with van der Waals surface area (Å²) in [6.07, 6.45) is 8.79. The van der Waals surface area contributed by atoms with Gasteiger partial charge in [-0.05, 0) is 38.0 Å². The molecule has 1 saturated carbocycles. The largest absolute Gasteiger partial charge is 0.396 e. The summed E-state index contributed by atoms with van der Waals surface area (Å²) in [6.45, 7) is 7.29. The third kappa shape index (κ3) is 8.22. The Morgan fingerprint density at radius 2 is 1.88 bits per heavy atom. The van der Waals surface area contributed by atoms with E-state index in [0.717, 1.165) is 44.7 Å². The maximum absolute atomic E-state index is 11.6. The minimum Gasteiger partial charge on any atom is -0.396 e. The predicted molar refractivity (Wildman–Crippen MR) is 108 cm³/mol. The standard InChI is InChI=1S/C18H38N4O3S/c1-4-19-17(20-13-9-14-22(5-2)26(3,24)25)21-16-18(12-15-23)10-7-6-8-11-18/h23H,4-16H2,1-3H3,(H2,19,20,21). The first-order valence-electron chi connectivity index (χ1n) is 9.95. The number of nitrogens with zero attached hydrogens (tertiary/aromatic N) is 2. The zero-order chi connectivity index (χ0) is 19.5. The van der Waals surface area contributed by atoms with Crippen LogP contribution in [0.2, 0.25) is 0 Å². The topological polar surface area (TPSA) is 94.0 Å². The lowest BCUT2D eigenvalue weighted by Gasteiger charge is -2.35. The van der Waals surface area contributed by atoms with Crippen LogP contribution in [0.4, 0.5) is 0 Å². The Morgan fingerprint density at radius 3 is 2.42 bits per heavy atom. The van der Waals surface area contributed by atoms with E-state index in [-0.39, 0.29) is 12.0 Å². The smallest absolute Gasteiger partial charge is 0.211 e. The Balaban J connectivity index is 2.54. The number of nitrogens with one attached hydrogen (secondary N) is 2. The van der Waals surface area contributed by atoms with Crippen molar-refractivity contribution in [2.45, 2.75) is 58.8 Å². The Hall–Kier alpha value is -0.860. The first kappa shape index (κ1) is 23.2. The summed E-state index contributed by atoms with van der Waals surface area (Å²) in [4.78, 5) is 4.76. The van der Waals surface area contributed by atoms with Crippen molar-refractivity contribution in [2.75, 3.05) is 45.6 Å². The second-order valence-corrected chi connectivity index (χ2v) is 9.25. The van der Waals surface area contributed by atoms with Gasteiger partial charge < -0.3 is 15.7 Å². The van der Waals surface area contributed by atoms with Gasteiger partial charge in [0.05, 0.1) is 6.26 Å². The van der Waals surface area contributed by atoms with Gasteiger partial charge in [-0.1, -0.05) is 26.2 Å². The minimum absolute atomic E-state index is 0.130. The lowest BCUT2D eigenvalue weighted by Crippen LogP contribution is -2.40. The molecule has 0 bridgehead atoms. The van der Waals surface area contributed by atoms with E-state index >= 15 is 0 Å². The second kappa shape index (κ2) is 11.8. The van der Waals surface area contributed by atoms with Crippen LogP contribution in [0.25, 0.3) is 0 Å². The van der Waals surface area contributed by atoms with Crippen molar-refractivity contribution in [1.82, 2.24) is 14.9 Å². The molecule has 0 aromatic rings. The maximum Gasteiger partial charge on any atom is 0.211 e. The SMILES string of the molecule is CCNC(=NCC1(CCO)CCCCC1)NCCCN(CC)S(C)(=O)=O. The maximum atomic E-state index is 11.6. The van der Waals surface area contributed by atoms with Crippen molar-refractivity contribution in [3.8, 4) is 0 Å². The molecular weight excluding hydrogens is 352 g/mol. The van der Waals surface area contributed by atoms with Gasteiger partial charge in [0, 0.05) is 39.3 Å². The van der Waals surface area contributed by atoms with E-state index in [2.05, 4.69) is 10.6 Å². The van der Waals surface area contributed by atoms with Crippen molar-refractivity contribution >= 4 is 16.0 Å². The summed E-state index contributed by atoms with van der Waals surface area (Å²) < 4.78 is 24.7. The Kier molecular flexibility index (Phi) is 10.5. The molecule has 8 heteroatoms. The van der Waals surface area contributed by atoms with Crippen LogP contribution in [0, 0.1) is 5.41 Å². The van der Waals surface area contributed by atoms with Crippen LogP contribution in [0.3, 0.4) is 0 Å². The molecule has 154 valence electrons. The van der Waals surface area contributed by atoms with Gasteiger partial charge in [0.15, 0.2) is 5.96 Å². The molecular formula is C18H38N4O3S. The minimum atomic E-state index is -3.13. The van der Waals surface area contributed by atoms with Gasteiger partial charge in [-0.3, -0.25) is 4.99 Å². The highest BCUT2D eigenvalue weighted by Gasteiger charge is 2.31. The highest BCUT2D eigenvalue weighted by molar-refractivity contribution is 7.88. The van der Waals surface area contributed by atoms with Crippen LogP contribution in [0.1, 0.15) is 58.8 Å². The van der Waals surface area contributed by atoms with E-state index in [1.165, 1.54) is 29.8 Å². The molecule has 0 spiro atoms. The molecule has 3 N–H and O–H groups in total. The number of rotatable bonds is 11. The highest BCUT2D eigenvalue weighted by Crippen LogP contribution is 2.39. The van der Waals surface area contributed by atoms with Crippen LogP contribution in [-0.2, 0) is 10.0 Å². The molecule has 7 nitrogen and oxygen atoms in total. The molecule has 1 aliphatic rings. The van der Waals surface area contributed by atoms with Gasteiger partial charge in [-0.2, -0.15) is 0 Å². The molecule has 0 atom stereocenters. The monoisotopic (exact) mass is 390 g/mol. The summed E-state index contributed by atoms with van der Waals surface area (Å²) in [5.74, 6) is 0.776. The fraction of sp³-hybridized carbons (Fsp3) is 0.944. The van der Waals surface area contributed by atoms with Crippen LogP contribution < -0.4 is 10.6 Å². The summed E-state index contributed by atoms with van der Waals surface area (Å²) >= 11 is 0. The number of hydrogen-bond donors (Lipinski definition) is 3. The molecule has 1 fully saturated rings. The van der Waals surface area contributed by atoms with Crippen LogP contribution in [0.5, 0.6) is 0 Å². The van der Waals surface area contributed by atoms with Gasteiger partial charge in [-0.15, -0.1) is 0 Å². The Bertz CT molecular complexity index is 511. The van der Waals surface area contributed by atoms with Gasteiger partial charge in [0.1, 0.15) is 0 Å². The number of aliphatic hydroxyl groups excluding tert-OH is 1. The van der Waals surface area contributed by atoms with Gasteiger partial charge in [-0.25, -0.2) is 12.7 Å². The zero-order valence-electron chi connectivity index (χ0n) is 16.8. The molecule has 0 radical (unpaired) electrons. The van der Waals surface area contributed by atoms with Crippen molar-refractivity contribution < 1.29 is 13.5 Å². The van der Waals surface area contributed by atoms with Gasteiger partial charge >= 0.3 is 0 Å². The molecule has 1 aliphatic carbocycles. The molecule has 0 aromatic carbocycles. The van der Waals surface area contributed by atoms with Crippen molar-refractivity contribution in [3.05, 3.63) is 0 Å². The quantitative estimate of drug-likeness (QED) is 0.283. The van der Waals surface area contributed by atoms with E-state index in [9.17, 15) is 13.5 Å². The molecule has 0 unspecified atom stereocenters. The third-order valence-corrected chi connectivity index (χ3v) is 6.55. The Morgan fingerprint density at radius 1 is 1.19 bits per heavy atom. The normalized spacial score (nSPS) is 18.1. The number of sulfonamides is 1. The molecule has 0 heterocycles. The summed E-state index contributed by atoms with van der Waals surface area (Å²) in [6, 6.07) is 0. The van der Waals surface area contributed by atoms with E-state index in [4.69, 9.17) is 4.99 Å². The van der Waals surface area contributed by atoms with Crippen molar-refractivity contribution in [2.24, 2.45) is 10.4 Å². The molecule has 26 heavy (non-hydrogen) atoms. The third-order valence-electron chi connectivity index (χ3n) is 5.17. The van der Waals surface area contributed by atoms with E-state index in [1.807, 2.05) is 13.8 Å². The van der Waals surface area contributed by atoms with Crippen LogP contribution >= 0.6 is 0 Å². The molecule has 1 rings (SSSR count). The first-order chi connectivity index (χ1) is 12.4. The number of aliphatic imine (C=N–C) groups is 1. The van der Waals surface area contributed by atoms with Gasteiger partial charge in [0.25, 0.3) is 0 Å². The van der Waals surface area contributed by atoms with E-state index in [0.29, 0.717) is 19.6 Å². The fourth-order valence-corrected chi connectivity index (χ4v) is 4.57. The lowest BCUT2D eigenvalue weighted by atomic mass is 9.72. The number of aliphatic hydroxyl groups is 1. The summed E-state index contributed by atoms with van der Waals surface area (Å²) in [5, 5.41) is 16.0. The molecule has 0 amide bonds. The van der Waals surface area contributed by atoms with E-state index < -0.39 is 10.0 Å². The van der Waals surface area contributed by atoms with Crippen LogP contribution in [-0.4, -0.2) is 69.4 Å². The number of hydrogen-bond acceptors (Lipinski definition) is 4. The Labute approximate surface area is 159 Å². The van der Waals surface area contributed by atoms with Gasteiger partial charge in [0.2, 0.25) is 10.0 Å². The molecule has 0 aliphatic heterocycles. The predicted octanol–water partition coefficient (Wildman–Crippen LogP) is 1.55. The molecule has 0 aromatic heterocycles. The second-order valence-electron chi connectivity index (χ2n) is 7.26. The summed E-state index contributed by atoms with van der Waals surface area (Å²) in [5.41, 5.74) is 0.130. The lowest BCUT2D eigenvalue weighted by molar-refractivity contribution is 0.137. The number of guanidine groups is 1. The fourth-order valence-electron chi connectivity index (χ4n) is 3.64. The zero-order valence-corrected chi connectivity index (χ0v) is 17.6. The van der Waals surface area contributed by atoms with Crippen molar-refractivity contribution in [1.29, 1.82) is 0 Å². The van der Waals surface area contributed by atoms with E-state index in [1.54, 1.807) is 0 Å². The summed E-state index contributed by atoms with van der Waals surface area (Å²) in [7, 11) is -3.13. The first-order valence-corrected chi connectivity index (χ1v) is 11.8. The molecule has 0 saturated heterocycles. The average molecular weight is 391 g/mol.